The van der Waals surface area contributed by atoms with Crippen LogP contribution in [0.1, 0.15) is 132 Å². The zero-order valence-corrected chi connectivity index (χ0v) is 45.3. The number of esters is 2. The first-order valence-electron chi connectivity index (χ1n) is 26.4. The number of allylic oxidation sites excluding steroid dienone is 6. The lowest BCUT2D eigenvalue weighted by Gasteiger charge is -2.42. The molecule has 2 saturated heterocycles. The van der Waals surface area contributed by atoms with Gasteiger partial charge in [-0.25, -0.2) is 4.79 Å². The molecule has 4 aliphatic rings. The van der Waals surface area contributed by atoms with E-state index in [4.69, 9.17) is 28.4 Å². The molecule has 412 valence electrons. The van der Waals surface area contributed by atoms with Crippen molar-refractivity contribution in [3.8, 4) is 0 Å². The number of carbonyl (C=O) groups excluding carboxylic acids is 6. The predicted octanol–water partition coefficient (Wildman–Crippen LogP) is 5.72. The summed E-state index contributed by atoms with van der Waals surface area (Å²) >= 11 is 0. The van der Waals surface area contributed by atoms with Gasteiger partial charge in [0, 0.05) is 58.5 Å². The Hall–Kier alpha value is -3.94. The average molecular weight is 1030 g/mol. The van der Waals surface area contributed by atoms with Crippen molar-refractivity contribution in [2.45, 2.75) is 187 Å². The molecular weight excluding hydrogens is 943 g/mol. The van der Waals surface area contributed by atoms with Crippen LogP contribution in [0, 0.1) is 40.9 Å². The molecule has 0 aromatic rings. The Balaban J connectivity index is 1.69. The maximum Gasteiger partial charge on any atom is 0.329 e. The first-order chi connectivity index (χ1) is 34.5. The van der Waals surface area contributed by atoms with E-state index in [0.29, 0.717) is 69.8 Å². The van der Waals surface area contributed by atoms with E-state index in [2.05, 4.69) is 0 Å². The maximum absolute atomic E-state index is 14.5. The molecule has 3 heterocycles. The molecule has 0 spiro atoms. The number of fused-ring (bicyclic) bond motifs is 3. The standard InChI is InChI=1S/C56H87NO16/c1-33-17-13-12-14-18-34(2)45(68-9)29-41-22-20-39(7)56(67,73-41)51(63)52(64)57-24-16-15-19-42(57)53(65)71-46(30-43(60)35(3)26-38(6)49(62)50(70-11)48(61)37(5)25-33)36(4)27-40-21-23-44(47(28-40)69-10)72-54(66)55(8,31-58)32-59/h12-14,17-18,26,33,35-37,39-42,44-47,49-50,58-59,62,67H,15-16,19-25,27-32H2,1-11H3/b14-12+,17-13+,34-18+,38-26+/t33?,35?,36?,37?,39-,40?,41?,42?,44?,45?,46?,47?,49?,50?,56?/m0/s1. The smallest absolute Gasteiger partial charge is 0.329 e. The quantitative estimate of drug-likeness (QED) is 0.116. The van der Waals surface area contributed by atoms with Gasteiger partial charge in [-0.2, -0.15) is 0 Å². The first-order valence-corrected chi connectivity index (χ1v) is 26.4. The zero-order valence-electron chi connectivity index (χ0n) is 45.3. The molecule has 1 saturated carbocycles. The van der Waals surface area contributed by atoms with E-state index in [0.717, 1.165) is 10.5 Å². The van der Waals surface area contributed by atoms with Gasteiger partial charge in [0.2, 0.25) is 5.79 Å². The van der Waals surface area contributed by atoms with Crippen molar-refractivity contribution in [2.24, 2.45) is 40.9 Å². The number of ketones is 3. The van der Waals surface area contributed by atoms with Crippen LogP contribution in [0.4, 0.5) is 0 Å². The molecule has 4 N–H and O–H groups in total. The van der Waals surface area contributed by atoms with Crippen LogP contribution in [0.2, 0.25) is 0 Å². The summed E-state index contributed by atoms with van der Waals surface area (Å²) in [6.45, 7) is 12.7. The molecule has 17 heteroatoms. The molecule has 15 atom stereocenters. The van der Waals surface area contributed by atoms with E-state index in [9.17, 15) is 49.2 Å². The first kappa shape index (κ1) is 61.6. The van der Waals surface area contributed by atoms with Gasteiger partial charge in [0.05, 0.1) is 31.5 Å². The molecule has 17 nitrogen and oxygen atoms in total. The number of piperidine rings is 1. The summed E-state index contributed by atoms with van der Waals surface area (Å²) in [7, 11) is 4.43. The van der Waals surface area contributed by atoms with Crippen molar-refractivity contribution >= 4 is 35.2 Å². The Bertz CT molecular complexity index is 2010. The fourth-order valence-electron chi connectivity index (χ4n) is 10.7. The highest BCUT2D eigenvalue weighted by molar-refractivity contribution is 6.39. The van der Waals surface area contributed by atoms with E-state index in [1.165, 1.54) is 21.1 Å². The third-order valence-corrected chi connectivity index (χ3v) is 15.9. The van der Waals surface area contributed by atoms with E-state index in [1.54, 1.807) is 40.9 Å². The number of rotatable bonds is 10. The second kappa shape index (κ2) is 28.3. The Morgan fingerprint density at radius 1 is 0.863 bits per heavy atom. The summed E-state index contributed by atoms with van der Waals surface area (Å²) < 4.78 is 35.4. The van der Waals surface area contributed by atoms with E-state index in [1.807, 2.05) is 51.2 Å². The average Bonchev–Trinajstić information content (AvgIpc) is 3.37. The number of aliphatic hydroxyl groups excluding tert-OH is 3. The molecule has 2 bridgehead atoms. The summed E-state index contributed by atoms with van der Waals surface area (Å²) in [5.74, 6) is -9.36. The number of aliphatic hydroxyl groups is 4. The molecule has 14 unspecified atom stereocenters. The summed E-state index contributed by atoms with van der Waals surface area (Å²) in [6.07, 6.45) is 9.76. The van der Waals surface area contributed by atoms with Crippen molar-refractivity contribution in [2.75, 3.05) is 41.1 Å². The van der Waals surface area contributed by atoms with Crippen LogP contribution in [0.25, 0.3) is 0 Å². The number of nitrogens with zero attached hydrogens (tertiary/aromatic N) is 1. The van der Waals surface area contributed by atoms with Crippen LogP contribution in [0.15, 0.2) is 47.6 Å². The summed E-state index contributed by atoms with van der Waals surface area (Å²) in [4.78, 5) is 85.4. The molecular formula is C56H87NO16. The lowest BCUT2D eigenvalue weighted by molar-refractivity contribution is -0.265. The molecule has 1 amide bonds. The molecule has 3 aliphatic heterocycles. The van der Waals surface area contributed by atoms with Gasteiger partial charge >= 0.3 is 11.9 Å². The maximum atomic E-state index is 14.5. The van der Waals surface area contributed by atoms with E-state index in [-0.39, 0.29) is 42.8 Å². The summed E-state index contributed by atoms with van der Waals surface area (Å²) in [5, 5.41) is 43.1. The Morgan fingerprint density at radius 3 is 2.21 bits per heavy atom. The second-order valence-electron chi connectivity index (χ2n) is 21.8. The normalized spacial score (nSPS) is 37.4. The van der Waals surface area contributed by atoms with Crippen LogP contribution in [-0.4, -0.2) is 156 Å². The number of Topliss-reactive ketones (excluding diaryl/α,β-unsaturated/α-hetero) is 3. The largest absolute Gasteiger partial charge is 0.460 e. The summed E-state index contributed by atoms with van der Waals surface area (Å²) in [5.41, 5.74) is -0.277. The van der Waals surface area contributed by atoms with Gasteiger partial charge in [-0.05, 0) is 114 Å². The van der Waals surface area contributed by atoms with Crippen LogP contribution in [0.3, 0.4) is 0 Å². The fourth-order valence-corrected chi connectivity index (χ4v) is 10.7. The number of carbonyl (C=O) groups is 6. The van der Waals surface area contributed by atoms with E-state index < -0.39 is 120 Å². The Kier molecular flexibility index (Phi) is 23.9. The third kappa shape index (κ3) is 16.0. The molecule has 73 heavy (non-hydrogen) atoms. The van der Waals surface area contributed by atoms with Crippen LogP contribution < -0.4 is 0 Å². The second-order valence-corrected chi connectivity index (χ2v) is 21.8. The van der Waals surface area contributed by atoms with Gasteiger partial charge in [0.15, 0.2) is 5.78 Å². The lowest BCUT2D eigenvalue weighted by Crippen LogP contribution is -2.61. The van der Waals surface area contributed by atoms with Crippen molar-refractivity contribution < 1.29 is 77.6 Å². The Morgan fingerprint density at radius 2 is 1.56 bits per heavy atom. The molecule has 0 radical (unpaired) electrons. The minimum atomic E-state index is -2.47. The summed E-state index contributed by atoms with van der Waals surface area (Å²) in [6, 6.07) is -1.20. The van der Waals surface area contributed by atoms with Crippen molar-refractivity contribution in [1.82, 2.24) is 4.90 Å². The van der Waals surface area contributed by atoms with E-state index >= 15 is 0 Å². The monoisotopic (exact) mass is 1030 g/mol. The van der Waals surface area contributed by atoms with Gasteiger partial charge < -0.3 is 53.7 Å². The van der Waals surface area contributed by atoms with Crippen LogP contribution in [-0.2, 0) is 57.2 Å². The number of amides is 1. The third-order valence-electron chi connectivity index (χ3n) is 15.9. The number of methoxy groups -OCH3 is 3. The van der Waals surface area contributed by atoms with Crippen molar-refractivity contribution in [3.63, 3.8) is 0 Å². The van der Waals surface area contributed by atoms with Crippen LogP contribution >= 0.6 is 0 Å². The van der Waals surface area contributed by atoms with Crippen molar-refractivity contribution in [3.05, 3.63) is 47.6 Å². The minimum absolute atomic E-state index is 0.00697. The number of ether oxygens (including phenoxy) is 6. The SMILES string of the molecule is COC1CC2CC[C@H](C)C(O)(O2)C(=O)C(=O)N2CCCCC2C(=O)OC(C(C)CC2CCC(OC(=O)C(C)(CO)CO)C(OC)C2)CC(=O)C(C)/C=C(\C)C(O)C(OC)C(=O)C(C)CC(C)/C=C/C=C/C=C/1C. The van der Waals surface area contributed by atoms with Gasteiger partial charge in [0.25, 0.3) is 11.7 Å². The molecule has 1 aliphatic carbocycles. The highest BCUT2D eigenvalue weighted by Gasteiger charge is 2.53. The predicted molar refractivity (Wildman–Crippen MR) is 271 cm³/mol. The highest BCUT2D eigenvalue weighted by Crippen LogP contribution is 2.38. The molecule has 0 aromatic carbocycles. The van der Waals surface area contributed by atoms with Crippen molar-refractivity contribution in [1.29, 1.82) is 0 Å². The lowest BCUT2D eigenvalue weighted by atomic mass is 9.78. The topological polar surface area (TPSA) is 242 Å². The Labute approximate surface area is 433 Å². The van der Waals surface area contributed by atoms with Gasteiger partial charge in [-0.15, -0.1) is 0 Å². The molecule has 3 fully saturated rings. The minimum Gasteiger partial charge on any atom is -0.460 e. The number of hydrogen-bond donors (Lipinski definition) is 4. The number of cyclic esters (lactones) is 1. The highest BCUT2D eigenvalue weighted by atomic mass is 16.6. The fraction of sp³-hybridized carbons (Fsp3) is 0.750. The zero-order chi connectivity index (χ0) is 54.4. The number of hydrogen-bond acceptors (Lipinski definition) is 16. The van der Waals surface area contributed by atoms with Gasteiger partial charge in [0.1, 0.15) is 41.7 Å². The molecule has 0 aromatic heterocycles. The van der Waals surface area contributed by atoms with Gasteiger partial charge in [-0.1, -0.05) is 71.1 Å². The van der Waals surface area contributed by atoms with Crippen LogP contribution in [0.5, 0.6) is 0 Å². The molecule has 4 rings (SSSR count). The van der Waals surface area contributed by atoms with Gasteiger partial charge in [-0.3, -0.25) is 24.0 Å².